The van der Waals surface area contributed by atoms with E-state index in [9.17, 15) is 13.2 Å². The summed E-state index contributed by atoms with van der Waals surface area (Å²) in [5, 5.41) is 0. The molecule has 8 heteroatoms. The highest BCUT2D eigenvalue weighted by atomic mass is 35.5. The van der Waals surface area contributed by atoms with Crippen LogP contribution in [0.15, 0.2) is 23.1 Å². The van der Waals surface area contributed by atoms with Crippen molar-refractivity contribution in [2.45, 2.75) is 37.6 Å². The van der Waals surface area contributed by atoms with Crippen LogP contribution in [-0.4, -0.2) is 44.9 Å². The molecule has 1 heterocycles. The average molecular weight is 377 g/mol. The first kappa shape index (κ1) is 20.9. The summed E-state index contributed by atoms with van der Waals surface area (Å²) in [5.74, 6) is -0.308. The van der Waals surface area contributed by atoms with Gasteiger partial charge in [0.15, 0.2) is 0 Å². The maximum Gasteiger partial charge on any atom is 0.339 e. The summed E-state index contributed by atoms with van der Waals surface area (Å²) in [6, 6.07) is 4.78. The van der Waals surface area contributed by atoms with Gasteiger partial charge in [0.1, 0.15) is 0 Å². The molecule has 0 aromatic heterocycles. The van der Waals surface area contributed by atoms with Crippen molar-refractivity contribution in [1.29, 1.82) is 0 Å². The fourth-order valence-corrected chi connectivity index (χ4v) is 4.55. The smallest absolute Gasteiger partial charge is 0.339 e. The maximum absolute atomic E-state index is 12.9. The molecule has 0 spiro atoms. The number of nitrogens with two attached hydrogens (primary N) is 1. The van der Waals surface area contributed by atoms with Gasteiger partial charge in [0.25, 0.3) is 0 Å². The number of nitrogens with zero attached hydrogens (tertiary/aromatic N) is 1. The predicted molar refractivity (Wildman–Crippen MR) is 94.9 cm³/mol. The van der Waals surface area contributed by atoms with E-state index in [0.29, 0.717) is 19.0 Å². The number of esters is 1. The predicted octanol–water partition coefficient (Wildman–Crippen LogP) is 1.95. The molecule has 1 aliphatic rings. The second-order valence-corrected chi connectivity index (χ2v) is 8.00. The molecule has 0 amide bonds. The van der Waals surface area contributed by atoms with E-state index in [-0.39, 0.29) is 28.9 Å². The number of rotatable bonds is 4. The summed E-state index contributed by atoms with van der Waals surface area (Å²) < 4.78 is 32.0. The fourth-order valence-electron chi connectivity index (χ4n) is 2.92. The highest BCUT2D eigenvalue weighted by Crippen LogP contribution is 2.27. The van der Waals surface area contributed by atoms with E-state index < -0.39 is 16.0 Å². The van der Waals surface area contributed by atoms with Gasteiger partial charge >= 0.3 is 5.97 Å². The number of ether oxygens (including phenoxy) is 1. The molecular weight excluding hydrogens is 352 g/mol. The average Bonchev–Trinajstić information content (AvgIpc) is 2.53. The van der Waals surface area contributed by atoms with Gasteiger partial charge in [0.05, 0.1) is 17.6 Å². The Morgan fingerprint density at radius 3 is 2.42 bits per heavy atom. The molecule has 0 radical (unpaired) electrons. The molecule has 136 valence electrons. The number of halogens is 1. The molecule has 1 aromatic rings. The van der Waals surface area contributed by atoms with E-state index in [2.05, 4.69) is 0 Å². The topological polar surface area (TPSA) is 89.7 Å². The molecule has 1 aliphatic heterocycles. The Labute approximate surface area is 149 Å². The van der Waals surface area contributed by atoms with E-state index in [1.807, 2.05) is 6.92 Å². The van der Waals surface area contributed by atoms with Gasteiger partial charge in [-0.1, -0.05) is 11.6 Å². The van der Waals surface area contributed by atoms with Crippen molar-refractivity contribution >= 4 is 28.4 Å². The number of methoxy groups -OCH3 is 1. The van der Waals surface area contributed by atoms with E-state index in [1.54, 1.807) is 19.1 Å². The molecular formula is C16H25ClN2O4S. The Morgan fingerprint density at radius 2 is 1.92 bits per heavy atom. The van der Waals surface area contributed by atoms with Gasteiger partial charge in [-0.25, -0.2) is 13.2 Å². The van der Waals surface area contributed by atoms with Gasteiger partial charge in [-0.2, -0.15) is 4.31 Å². The third-order valence-electron chi connectivity index (χ3n) is 4.40. The first-order chi connectivity index (χ1) is 10.8. The lowest BCUT2D eigenvalue weighted by molar-refractivity contribution is 0.0596. The molecule has 2 rings (SSSR count). The van der Waals surface area contributed by atoms with Crippen LogP contribution in [0.5, 0.6) is 0 Å². The van der Waals surface area contributed by atoms with Gasteiger partial charge in [-0.05, 0) is 44.7 Å². The van der Waals surface area contributed by atoms with Crippen LogP contribution in [0, 0.1) is 12.8 Å². The highest BCUT2D eigenvalue weighted by Gasteiger charge is 2.33. The lowest BCUT2D eigenvalue weighted by atomic mass is 9.92. The molecule has 1 fully saturated rings. The molecule has 1 aromatic carbocycles. The summed E-state index contributed by atoms with van der Waals surface area (Å²) in [5.41, 5.74) is 6.79. The van der Waals surface area contributed by atoms with Crippen LogP contribution < -0.4 is 5.73 Å². The summed E-state index contributed by atoms with van der Waals surface area (Å²) >= 11 is 0. The molecule has 1 unspecified atom stereocenters. The number of sulfonamides is 1. The van der Waals surface area contributed by atoms with Gasteiger partial charge in [-0.3, -0.25) is 0 Å². The number of hydrogen-bond acceptors (Lipinski definition) is 5. The second kappa shape index (κ2) is 8.29. The SMILES string of the molecule is COC(=O)c1cc(C)ccc1S(=O)(=O)N1CCC(C(C)N)CC1.Cl. The zero-order chi connectivity index (χ0) is 17.2. The van der Waals surface area contributed by atoms with Gasteiger partial charge in [-0.15, -0.1) is 12.4 Å². The number of piperidine rings is 1. The zero-order valence-corrected chi connectivity index (χ0v) is 15.8. The van der Waals surface area contributed by atoms with Crippen LogP contribution in [0.4, 0.5) is 0 Å². The molecule has 2 N–H and O–H groups in total. The van der Waals surface area contributed by atoms with Crippen molar-refractivity contribution in [2.24, 2.45) is 11.7 Å². The minimum Gasteiger partial charge on any atom is -0.465 e. The van der Waals surface area contributed by atoms with Crippen LogP contribution in [0.1, 0.15) is 35.7 Å². The third kappa shape index (κ3) is 4.27. The third-order valence-corrected chi connectivity index (χ3v) is 6.36. The van der Waals surface area contributed by atoms with Crippen molar-refractivity contribution in [3.8, 4) is 0 Å². The minimum absolute atomic E-state index is 0. The number of hydrogen-bond donors (Lipinski definition) is 1. The van der Waals surface area contributed by atoms with Crippen LogP contribution >= 0.6 is 12.4 Å². The van der Waals surface area contributed by atoms with E-state index >= 15 is 0 Å². The van der Waals surface area contributed by atoms with Crippen LogP contribution in [0.25, 0.3) is 0 Å². The van der Waals surface area contributed by atoms with Crippen LogP contribution in [0.3, 0.4) is 0 Å². The van der Waals surface area contributed by atoms with Crippen molar-refractivity contribution < 1.29 is 17.9 Å². The Morgan fingerprint density at radius 1 is 1.33 bits per heavy atom. The first-order valence-electron chi connectivity index (χ1n) is 7.72. The van der Waals surface area contributed by atoms with Gasteiger partial charge in [0.2, 0.25) is 10.0 Å². The molecule has 0 bridgehead atoms. The number of carbonyl (C=O) groups is 1. The second-order valence-electron chi connectivity index (χ2n) is 6.09. The Hall–Kier alpha value is -1.15. The Balaban J connectivity index is 0.00000288. The van der Waals surface area contributed by atoms with Gasteiger partial charge in [0, 0.05) is 19.1 Å². The normalized spacial score (nSPS) is 17.8. The molecule has 1 saturated heterocycles. The summed E-state index contributed by atoms with van der Waals surface area (Å²) in [6.07, 6.45) is 1.46. The standard InChI is InChI=1S/C16H24N2O4S.ClH/c1-11-4-5-15(14(10-11)16(19)22-3)23(20,21)18-8-6-13(7-9-18)12(2)17;/h4-5,10,12-13H,6-9,17H2,1-3H3;1H. The molecule has 0 saturated carbocycles. The summed E-state index contributed by atoms with van der Waals surface area (Å²) in [6.45, 7) is 4.59. The Bertz CT molecular complexity index is 683. The highest BCUT2D eigenvalue weighted by molar-refractivity contribution is 7.89. The first-order valence-corrected chi connectivity index (χ1v) is 9.16. The molecule has 0 aliphatic carbocycles. The molecule has 6 nitrogen and oxygen atoms in total. The van der Waals surface area contributed by atoms with Crippen LogP contribution in [-0.2, 0) is 14.8 Å². The lowest BCUT2D eigenvalue weighted by Crippen LogP contribution is -2.42. The molecule has 24 heavy (non-hydrogen) atoms. The number of aryl methyl sites for hydroxylation is 1. The van der Waals surface area contributed by atoms with E-state index in [1.165, 1.54) is 17.5 Å². The van der Waals surface area contributed by atoms with Gasteiger partial charge < -0.3 is 10.5 Å². The van der Waals surface area contributed by atoms with Crippen molar-refractivity contribution in [3.63, 3.8) is 0 Å². The zero-order valence-electron chi connectivity index (χ0n) is 14.2. The largest absolute Gasteiger partial charge is 0.465 e. The quantitative estimate of drug-likeness (QED) is 0.811. The van der Waals surface area contributed by atoms with E-state index in [0.717, 1.165) is 18.4 Å². The monoisotopic (exact) mass is 376 g/mol. The number of benzene rings is 1. The summed E-state index contributed by atoms with van der Waals surface area (Å²) in [7, 11) is -2.48. The lowest BCUT2D eigenvalue weighted by Gasteiger charge is -2.33. The summed E-state index contributed by atoms with van der Waals surface area (Å²) in [4.78, 5) is 11.9. The van der Waals surface area contributed by atoms with Crippen molar-refractivity contribution in [3.05, 3.63) is 29.3 Å². The van der Waals surface area contributed by atoms with Crippen molar-refractivity contribution in [2.75, 3.05) is 20.2 Å². The minimum atomic E-state index is -3.72. The Kier molecular flexibility index (Phi) is 7.22. The fraction of sp³-hybridized carbons (Fsp3) is 0.562. The number of carbonyl (C=O) groups excluding carboxylic acids is 1. The molecule has 1 atom stereocenters. The van der Waals surface area contributed by atoms with E-state index in [4.69, 9.17) is 10.5 Å². The van der Waals surface area contributed by atoms with Crippen LogP contribution in [0.2, 0.25) is 0 Å². The maximum atomic E-state index is 12.9. The van der Waals surface area contributed by atoms with Crippen molar-refractivity contribution in [1.82, 2.24) is 4.31 Å².